The van der Waals surface area contributed by atoms with Gasteiger partial charge in [0.15, 0.2) is 11.5 Å². The van der Waals surface area contributed by atoms with Crippen LogP contribution >= 0.6 is 11.3 Å². The molecule has 2 aromatic carbocycles. The minimum absolute atomic E-state index is 0.0315. The van der Waals surface area contributed by atoms with Crippen LogP contribution in [-0.4, -0.2) is 50.3 Å². The number of benzene rings is 2. The number of hydrogen-bond donors (Lipinski definition) is 0. The van der Waals surface area contributed by atoms with Gasteiger partial charge in [-0.2, -0.15) is 0 Å². The number of thiophene rings is 1. The number of carbonyl (C=O) groups excluding carboxylic acids is 1. The third kappa shape index (κ3) is 5.11. The lowest BCUT2D eigenvalue weighted by atomic mass is 9.92. The summed E-state index contributed by atoms with van der Waals surface area (Å²) in [5, 5.41) is 0. The Balaban J connectivity index is 1.46. The summed E-state index contributed by atoms with van der Waals surface area (Å²) >= 11 is 1.45. The fourth-order valence-corrected chi connectivity index (χ4v) is 5.48. The molecule has 0 saturated heterocycles. The number of rotatable bonds is 8. The van der Waals surface area contributed by atoms with Crippen LogP contribution in [0.5, 0.6) is 23.0 Å². The Kier molecular flexibility index (Phi) is 7.28. The van der Waals surface area contributed by atoms with Crippen LogP contribution in [0.3, 0.4) is 0 Å². The Morgan fingerprint density at radius 1 is 0.946 bits per heavy atom. The molecule has 1 amide bonds. The standard InChI is InChI=1S/C29H28N2O5S/c1-33-20-7-9-21(10-8-20)36-18-24-22-17-26(35-3)25(34-2)16-19(22)13-15-31(24)29(32)28-12-11-27(37-28)23-6-4-5-14-30-23/h4-12,14,16-17,24H,13,15,18H2,1-3H3. The third-order valence-corrected chi connectivity index (χ3v) is 7.56. The lowest BCUT2D eigenvalue weighted by Crippen LogP contribution is -2.42. The van der Waals surface area contributed by atoms with E-state index in [1.54, 1.807) is 27.5 Å². The van der Waals surface area contributed by atoms with Gasteiger partial charge >= 0.3 is 0 Å². The van der Waals surface area contributed by atoms with E-state index in [1.807, 2.05) is 71.6 Å². The van der Waals surface area contributed by atoms with Crippen LogP contribution in [-0.2, 0) is 6.42 Å². The first-order chi connectivity index (χ1) is 18.1. The molecule has 0 fully saturated rings. The van der Waals surface area contributed by atoms with Crippen molar-refractivity contribution >= 4 is 17.2 Å². The summed E-state index contributed by atoms with van der Waals surface area (Å²) in [5.74, 6) is 2.73. The predicted octanol–water partition coefficient (Wildman–Crippen LogP) is 5.65. The lowest BCUT2D eigenvalue weighted by molar-refractivity contribution is 0.0594. The molecule has 3 heterocycles. The average molecular weight is 517 g/mol. The number of amides is 1. The minimum Gasteiger partial charge on any atom is -0.497 e. The van der Waals surface area contributed by atoms with Crippen molar-refractivity contribution in [2.45, 2.75) is 12.5 Å². The first-order valence-corrected chi connectivity index (χ1v) is 12.8. The fourth-order valence-electron chi connectivity index (χ4n) is 4.54. The Morgan fingerprint density at radius 3 is 2.41 bits per heavy atom. The number of pyridine rings is 1. The maximum absolute atomic E-state index is 13.8. The van der Waals surface area contributed by atoms with E-state index in [1.165, 1.54) is 11.3 Å². The quantitative estimate of drug-likeness (QED) is 0.301. The van der Waals surface area contributed by atoms with Gasteiger partial charge in [0.25, 0.3) is 5.91 Å². The Bertz CT molecular complexity index is 1370. The monoisotopic (exact) mass is 516 g/mol. The zero-order chi connectivity index (χ0) is 25.8. The largest absolute Gasteiger partial charge is 0.497 e. The van der Waals surface area contributed by atoms with E-state index in [0.29, 0.717) is 41.7 Å². The molecule has 0 N–H and O–H groups in total. The number of hydrogen-bond acceptors (Lipinski definition) is 7. The molecule has 0 aliphatic carbocycles. The van der Waals surface area contributed by atoms with Crippen molar-refractivity contribution in [3.8, 4) is 33.6 Å². The van der Waals surface area contributed by atoms with E-state index in [-0.39, 0.29) is 11.9 Å². The van der Waals surface area contributed by atoms with Gasteiger partial charge in [-0.3, -0.25) is 9.78 Å². The van der Waals surface area contributed by atoms with Crippen LogP contribution in [0.25, 0.3) is 10.6 Å². The van der Waals surface area contributed by atoms with Crippen LogP contribution in [0.4, 0.5) is 0 Å². The maximum atomic E-state index is 13.8. The fraction of sp³-hybridized carbons (Fsp3) is 0.241. The number of fused-ring (bicyclic) bond motifs is 1. The first-order valence-electron chi connectivity index (χ1n) is 11.9. The van der Waals surface area contributed by atoms with Gasteiger partial charge in [-0.15, -0.1) is 11.3 Å². The van der Waals surface area contributed by atoms with E-state index < -0.39 is 0 Å². The van der Waals surface area contributed by atoms with Gasteiger partial charge in [0.2, 0.25) is 0 Å². The van der Waals surface area contributed by atoms with Crippen LogP contribution in [0.2, 0.25) is 0 Å². The summed E-state index contributed by atoms with van der Waals surface area (Å²) in [6.07, 6.45) is 2.46. The number of aromatic nitrogens is 1. The van der Waals surface area contributed by atoms with Crippen molar-refractivity contribution < 1.29 is 23.7 Å². The molecule has 0 bridgehead atoms. The minimum atomic E-state index is -0.307. The highest BCUT2D eigenvalue weighted by atomic mass is 32.1. The van der Waals surface area contributed by atoms with Crippen LogP contribution < -0.4 is 18.9 Å². The molecule has 1 unspecified atom stereocenters. The summed E-state index contributed by atoms with van der Waals surface area (Å²) in [7, 11) is 4.87. The van der Waals surface area contributed by atoms with E-state index >= 15 is 0 Å². The van der Waals surface area contributed by atoms with Gasteiger partial charge in [0, 0.05) is 12.7 Å². The number of ether oxygens (including phenoxy) is 4. The second-order valence-corrected chi connectivity index (χ2v) is 9.62. The summed E-state index contributed by atoms with van der Waals surface area (Å²) in [6, 6.07) is 20.7. The Labute approximate surface area is 220 Å². The molecule has 2 aromatic heterocycles. The molecule has 1 aliphatic heterocycles. The van der Waals surface area contributed by atoms with Gasteiger partial charge in [0.05, 0.1) is 42.8 Å². The molecule has 190 valence electrons. The molecular formula is C29H28N2O5S. The van der Waals surface area contributed by atoms with E-state index in [0.717, 1.165) is 27.4 Å². The molecule has 0 saturated carbocycles. The van der Waals surface area contributed by atoms with Crippen molar-refractivity contribution in [2.24, 2.45) is 0 Å². The van der Waals surface area contributed by atoms with Crippen LogP contribution in [0.1, 0.15) is 26.8 Å². The van der Waals surface area contributed by atoms with Gasteiger partial charge < -0.3 is 23.8 Å². The Hall–Kier alpha value is -4.04. The lowest BCUT2D eigenvalue weighted by Gasteiger charge is -2.37. The van der Waals surface area contributed by atoms with Crippen molar-refractivity contribution in [3.05, 3.63) is 88.9 Å². The predicted molar refractivity (Wildman–Crippen MR) is 143 cm³/mol. The molecule has 7 nitrogen and oxygen atoms in total. The summed E-state index contributed by atoms with van der Waals surface area (Å²) in [6.45, 7) is 0.855. The second kappa shape index (κ2) is 10.9. The van der Waals surface area contributed by atoms with Gasteiger partial charge in [-0.05, 0) is 78.2 Å². The van der Waals surface area contributed by atoms with Crippen molar-refractivity contribution in [2.75, 3.05) is 34.5 Å². The number of nitrogens with zero attached hydrogens (tertiary/aromatic N) is 2. The molecule has 37 heavy (non-hydrogen) atoms. The van der Waals surface area contributed by atoms with Crippen molar-refractivity contribution in [1.29, 1.82) is 0 Å². The van der Waals surface area contributed by atoms with Crippen LogP contribution in [0, 0.1) is 0 Å². The van der Waals surface area contributed by atoms with Crippen LogP contribution in [0.15, 0.2) is 72.9 Å². The van der Waals surface area contributed by atoms with Gasteiger partial charge in [-0.1, -0.05) is 6.07 Å². The van der Waals surface area contributed by atoms with Crippen molar-refractivity contribution in [3.63, 3.8) is 0 Å². The second-order valence-electron chi connectivity index (χ2n) is 8.54. The topological polar surface area (TPSA) is 70.1 Å². The number of methoxy groups -OCH3 is 3. The highest BCUT2D eigenvalue weighted by Crippen LogP contribution is 2.40. The maximum Gasteiger partial charge on any atom is 0.264 e. The zero-order valence-corrected chi connectivity index (χ0v) is 21.8. The first kappa shape index (κ1) is 24.6. The highest BCUT2D eigenvalue weighted by molar-refractivity contribution is 7.17. The Morgan fingerprint density at radius 2 is 1.70 bits per heavy atom. The molecule has 5 rings (SSSR count). The third-order valence-electron chi connectivity index (χ3n) is 6.46. The van der Waals surface area contributed by atoms with E-state index in [2.05, 4.69) is 4.98 Å². The average Bonchev–Trinajstić information content (AvgIpc) is 3.46. The van der Waals surface area contributed by atoms with E-state index in [9.17, 15) is 4.79 Å². The molecule has 1 atom stereocenters. The highest BCUT2D eigenvalue weighted by Gasteiger charge is 2.34. The zero-order valence-electron chi connectivity index (χ0n) is 21.0. The summed E-state index contributed by atoms with van der Waals surface area (Å²) in [5.41, 5.74) is 2.96. The molecule has 4 aromatic rings. The molecule has 8 heteroatoms. The summed E-state index contributed by atoms with van der Waals surface area (Å²) in [4.78, 5) is 21.8. The molecule has 0 radical (unpaired) electrons. The van der Waals surface area contributed by atoms with Crippen molar-refractivity contribution in [1.82, 2.24) is 9.88 Å². The summed E-state index contributed by atoms with van der Waals surface area (Å²) < 4.78 is 22.6. The van der Waals surface area contributed by atoms with Gasteiger partial charge in [-0.25, -0.2) is 0 Å². The van der Waals surface area contributed by atoms with Gasteiger partial charge in [0.1, 0.15) is 18.1 Å². The number of carbonyl (C=O) groups is 1. The molecular weight excluding hydrogens is 488 g/mol. The molecule has 0 spiro atoms. The SMILES string of the molecule is COc1ccc(OCC2c3cc(OC)c(OC)cc3CCN2C(=O)c2ccc(-c3ccccn3)s2)cc1. The molecule has 1 aliphatic rings. The normalized spacial score (nSPS) is 14.6. The van der Waals surface area contributed by atoms with E-state index in [4.69, 9.17) is 18.9 Å². The smallest absolute Gasteiger partial charge is 0.264 e.